The largest absolute Gasteiger partial charge is 0.372 e. The Kier molecular flexibility index (Phi) is 2.15. The Morgan fingerprint density at radius 3 is 2.86 bits per heavy atom. The lowest BCUT2D eigenvalue weighted by Crippen LogP contribution is -2.44. The molecule has 1 heterocycles. The smallest absolute Gasteiger partial charge is 0.249 e. The zero-order chi connectivity index (χ0) is 10.1. The van der Waals surface area contributed by atoms with Crippen LogP contribution in [0.3, 0.4) is 0 Å². The highest BCUT2D eigenvalue weighted by atomic mass is 16.2. The zero-order valence-electron chi connectivity index (χ0n) is 8.45. The lowest BCUT2D eigenvalue weighted by Gasteiger charge is -2.32. The van der Waals surface area contributed by atoms with E-state index in [1.165, 1.54) is 0 Å². The number of nitrogens with zero attached hydrogens (tertiary/aromatic N) is 1. The monoisotopic (exact) mass is 190 g/mol. The van der Waals surface area contributed by atoms with Gasteiger partial charge in [-0.1, -0.05) is 19.1 Å². The van der Waals surface area contributed by atoms with Crippen LogP contribution >= 0.6 is 0 Å². The summed E-state index contributed by atoms with van der Waals surface area (Å²) < 4.78 is 0. The fourth-order valence-electron chi connectivity index (χ4n) is 1.77. The van der Waals surface area contributed by atoms with E-state index in [1.807, 2.05) is 38.2 Å². The Balaban J connectivity index is 2.42. The van der Waals surface area contributed by atoms with E-state index in [1.54, 1.807) is 4.90 Å². The summed E-state index contributed by atoms with van der Waals surface area (Å²) in [5.41, 5.74) is 2.00. The summed E-state index contributed by atoms with van der Waals surface area (Å²) in [6.45, 7) is 2.01. The van der Waals surface area contributed by atoms with Gasteiger partial charge >= 0.3 is 0 Å². The molecule has 3 nitrogen and oxygen atoms in total. The molecule has 1 aromatic carbocycles. The van der Waals surface area contributed by atoms with Gasteiger partial charge < -0.3 is 10.2 Å². The molecule has 0 bridgehead atoms. The predicted molar refractivity (Wildman–Crippen MR) is 57.6 cm³/mol. The molecule has 0 fully saturated rings. The van der Waals surface area contributed by atoms with Crippen LogP contribution in [0.2, 0.25) is 0 Å². The zero-order valence-corrected chi connectivity index (χ0v) is 8.45. The minimum atomic E-state index is -0.0742. The van der Waals surface area contributed by atoms with Gasteiger partial charge in [-0.05, 0) is 18.6 Å². The fraction of sp³-hybridized carbons (Fsp3) is 0.364. The number of nitrogens with one attached hydrogen (secondary N) is 1. The van der Waals surface area contributed by atoms with Gasteiger partial charge in [-0.25, -0.2) is 0 Å². The van der Waals surface area contributed by atoms with Crippen LogP contribution in [0.15, 0.2) is 24.3 Å². The normalized spacial score (nSPS) is 20.3. The summed E-state index contributed by atoms with van der Waals surface area (Å²) in [5.74, 6) is 0.145. The lowest BCUT2D eigenvalue weighted by atomic mass is 10.1. The molecule has 0 radical (unpaired) electrons. The molecule has 1 N–H and O–H groups in total. The van der Waals surface area contributed by atoms with Crippen LogP contribution in [0.25, 0.3) is 0 Å². The van der Waals surface area contributed by atoms with Gasteiger partial charge in [0.25, 0.3) is 0 Å². The third-order valence-corrected chi connectivity index (χ3v) is 2.63. The van der Waals surface area contributed by atoms with E-state index in [-0.39, 0.29) is 11.9 Å². The number of anilines is 2. The van der Waals surface area contributed by atoms with Crippen LogP contribution in [-0.4, -0.2) is 19.0 Å². The summed E-state index contributed by atoms with van der Waals surface area (Å²) in [6, 6.07) is 7.79. The standard InChI is InChI=1S/C11H14N2O/c1-3-8-11(14)13(2)10-7-5-4-6-9(10)12-8/h4-8,12H,3H2,1-2H3/t8-/m1/s1. The number of carbonyl (C=O) groups is 1. The molecule has 3 heteroatoms. The van der Waals surface area contributed by atoms with Crippen molar-refractivity contribution in [2.75, 3.05) is 17.3 Å². The first kappa shape index (κ1) is 9.06. The van der Waals surface area contributed by atoms with Crippen molar-refractivity contribution in [2.45, 2.75) is 19.4 Å². The molecule has 0 saturated heterocycles. The number of rotatable bonds is 1. The van der Waals surface area contributed by atoms with Crippen molar-refractivity contribution in [3.63, 3.8) is 0 Å². The van der Waals surface area contributed by atoms with Gasteiger partial charge in [-0.2, -0.15) is 0 Å². The second-order valence-electron chi connectivity index (χ2n) is 3.52. The average Bonchev–Trinajstić information content (AvgIpc) is 2.23. The highest BCUT2D eigenvalue weighted by molar-refractivity contribution is 6.04. The molecule has 1 aromatic rings. The molecule has 0 unspecified atom stereocenters. The maximum Gasteiger partial charge on any atom is 0.249 e. The molecule has 0 aromatic heterocycles. The van der Waals surface area contributed by atoms with E-state index in [2.05, 4.69) is 5.32 Å². The molecule has 1 atom stereocenters. The van der Waals surface area contributed by atoms with Gasteiger partial charge in [0.2, 0.25) is 5.91 Å². The first-order valence-corrected chi connectivity index (χ1v) is 4.87. The van der Waals surface area contributed by atoms with Crippen molar-refractivity contribution in [3.05, 3.63) is 24.3 Å². The number of amides is 1. The summed E-state index contributed by atoms with van der Waals surface area (Å²) >= 11 is 0. The molecular weight excluding hydrogens is 176 g/mol. The fourth-order valence-corrected chi connectivity index (χ4v) is 1.77. The predicted octanol–water partition coefficient (Wildman–Crippen LogP) is 1.85. The Labute approximate surface area is 83.7 Å². The molecule has 1 aliphatic rings. The van der Waals surface area contributed by atoms with Crippen molar-refractivity contribution in [1.29, 1.82) is 0 Å². The van der Waals surface area contributed by atoms with Crippen molar-refractivity contribution in [2.24, 2.45) is 0 Å². The first-order valence-electron chi connectivity index (χ1n) is 4.87. The molecular formula is C11H14N2O. The van der Waals surface area contributed by atoms with Crippen molar-refractivity contribution in [1.82, 2.24) is 0 Å². The van der Waals surface area contributed by atoms with E-state index in [0.717, 1.165) is 17.8 Å². The van der Waals surface area contributed by atoms with Crippen molar-refractivity contribution in [3.8, 4) is 0 Å². The molecule has 0 spiro atoms. The van der Waals surface area contributed by atoms with Crippen LogP contribution in [-0.2, 0) is 4.79 Å². The summed E-state index contributed by atoms with van der Waals surface area (Å²) in [4.78, 5) is 13.5. The van der Waals surface area contributed by atoms with Gasteiger partial charge in [0.15, 0.2) is 0 Å². The van der Waals surface area contributed by atoms with Gasteiger partial charge in [0.05, 0.1) is 11.4 Å². The van der Waals surface area contributed by atoms with Crippen LogP contribution in [0.4, 0.5) is 11.4 Å². The van der Waals surface area contributed by atoms with Gasteiger partial charge in [0, 0.05) is 7.05 Å². The second-order valence-corrected chi connectivity index (χ2v) is 3.52. The minimum absolute atomic E-state index is 0.0742. The molecule has 2 rings (SSSR count). The van der Waals surface area contributed by atoms with Crippen LogP contribution in [0.1, 0.15) is 13.3 Å². The maximum atomic E-state index is 11.8. The number of benzene rings is 1. The van der Waals surface area contributed by atoms with Crippen LogP contribution in [0, 0.1) is 0 Å². The number of hydrogen-bond acceptors (Lipinski definition) is 2. The Hall–Kier alpha value is -1.51. The summed E-state index contributed by atoms with van der Waals surface area (Å²) in [5, 5.41) is 3.24. The molecule has 1 aliphatic heterocycles. The van der Waals surface area contributed by atoms with Crippen molar-refractivity contribution < 1.29 is 4.79 Å². The minimum Gasteiger partial charge on any atom is -0.372 e. The van der Waals surface area contributed by atoms with E-state index in [4.69, 9.17) is 0 Å². The summed E-state index contributed by atoms with van der Waals surface area (Å²) in [7, 11) is 1.82. The molecule has 74 valence electrons. The Bertz CT molecular complexity index is 362. The number of likely N-dealkylation sites (N-methyl/N-ethyl adjacent to an activating group) is 1. The van der Waals surface area contributed by atoms with Crippen LogP contribution < -0.4 is 10.2 Å². The van der Waals surface area contributed by atoms with Crippen molar-refractivity contribution >= 4 is 17.3 Å². The lowest BCUT2D eigenvalue weighted by molar-refractivity contribution is -0.119. The number of hydrogen-bond donors (Lipinski definition) is 1. The van der Waals surface area contributed by atoms with Crippen LogP contribution in [0.5, 0.6) is 0 Å². The second kappa shape index (κ2) is 3.33. The highest BCUT2D eigenvalue weighted by Crippen LogP contribution is 2.30. The Morgan fingerprint density at radius 2 is 2.14 bits per heavy atom. The third-order valence-electron chi connectivity index (χ3n) is 2.63. The topological polar surface area (TPSA) is 32.3 Å². The van der Waals surface area contributed by atoms with E-state index < -0.39 is 0 Å². The maximum absolute atomic E-state index is 11.8. The average molecular weight is 190 g/mol. The van der Waals surface area contributed by atoms with E-state index in [9.17, 15) is 4.79 Å². The Morgan fingerprint density at radius 1 is 1.43 bits per heavy atom. The summed E-state index contributed by atoms with van der Waals surface area (Å²) in [6.07, 6.45) is 0.817. The van der Waals surface area contributed by atoms with Gasteiger partial charge in [-0.15, -0.1) is 0 Å². The molecule has 0 aliphatic carbocycles. The van der Waals surface area contributed by atoms with Gasteiger partial charge in [-0.3, -0.25) is 4.79 Å². The molecule has 0 saturated carbocycles. The SMILES string of the molecule is CC[C@H]1Nc2ccccc2N(C)C1=O. The number of para-hydroxylation sites is 2. The quantitative estimate of drug-likeness (QED) is 0.733. The number of carbonyl (C=O) groups excluding carboxylic acids is 1. The van der Waals surface area contributed by atoms with Gasteiger partial charge in [0.1, 0.15) is 6.04 Å². The third kappa shape index (κ3) is 1.25. The first-order chi connectivity index (χ1) is 6.74. The van der Waals surface area contributed by atoms with E-state index >= 15 is 0 Å². The molecule has 1 amide bonds. The highest BCUT2D eigenvalue weighted by Gasteiger charge is 2.27. The van der Waals surface area contributed by atoms with E-state index in [0.29, 0.717) is 0 Å². The molecule has 14 heavy (non-hydrogen) atoms. The number of fused-ring (bicyclic) bond motifs is 1.